The minimum atomic E-state index is -0.0723. The zero-order valence-corrected chi connectivity index (χ0v) is 13.6. The molecule has 1 fully saturated rings. The van der Waals surface area contributed by atoms with Gasteiger partial charge in [-0.3, -0.25) is 4.79 Å². The van der Waals surface area contributed by atoms with Crippen molar-refractivity contribution in [3.63, 3.8) is 0 Å². The van der Waals surface area contributed by atoms with Crippen molar-refractivity contribution in [2.75, 3.05) is 25.2 Å². The molecule has 0 aromatic heterocycles. The summed E-state index contributed by atoms with van der Waals surface area (Å²) in [7, 11) is 1.59. The molecule has 2 aromatic rings. The molecule has 1 atom stereocenters. The molecule has 1 heterocycles. The van der Waals surface area contributed by atoms with Crippen molar-refractivity contribution in [3.8, 4) is 16.9 Å². The van der Waals surface area contributed by atoms with E-state index in [1.807, 2.05) is 42.5 Å². The van der Waals surface area contributed by atoms with E-state index in [1.54, 1.807) is 12.0 Å². The van der Waals surface area contributed by atoms with E-state index in [9.17, 15) is 15.0 Å². The van der Waals surface area contributed by atoms with Gasteiger partial charge in [0.15, 0.2) is 0 Å². The number of aliphatic hydroxyl groups excluding tert-OH is 2. The molecule has 5 heteroatoms. The quantitative estimate of drug-likeness (QED) is 0.883. The average Bonchev–Trinajstić information content (AvgIpc) is 3.02. The van der Waals surface area contributed by atoms with Gasteiger partial charge >= 0.3 is 0 Å². The van der Waals surface area contributed by atoms with Gasteiger partial charge < -0.3 is 19.8 Å². The van der Waals surface area contributed by atoms with Crippen molar-refractivity contribution < 1.29 is 19.7 Å². The van der Waals surface area contributed by atoms with Crippen molar-refractivity contribution >= 4 is 11.6 Å². The molecule has 1 aliphatic rings. The Labute approximate surface area is 141 Å². The minimum Gasteiger partial charge on any atom is -0.497 e. The van der Waals surface area contributed by atoms with Gasteiger partial charge in [0, 0.05) is 31.2 Å². The molecule has 0 bridgehead atoms. The van der Waals surface area contributed by atoms with Crippen LogP contribution in [0, 0.1) is 5.92 Å². The molecule has 2 aromatic carbocycles. The van der Waals surface area contributed by atoms with Crippen molar-refractivity contribution in [1.82, 2.24) is 0 Å². The van der Waals surface area contributed by atoms with Gasteiger partial charge in [0.25, 0.3) is 0 Å². The third-order valence-electron chi connectivity index (χ3n) is 4.44. The molecule has 1 saturated heterocycles. The first-order chi connectivity index (χ1) is 11.7. The fourth-order valence-electron chi connectivity index (χ4n) is 3.08. The molecule has 5 nitrogen and oxygen atoms in total. The Balaban J connectivity index is 1.86. The summed E-state index contributed by atoms with van der Waals surface area (Å²) < 4.78 is 5.19. The van der Waals surface area contributed by atoms with Gasteiger partial charge in [-0.05, 0) is 41.0 Å². The molecule has 0 radical (unpaired) electrons. The second-order valence-corrected chi connectivity index (χ2v) is 5.99. The number of amides is 1. The van der Waals surface area contributed by atoms with Crippen LogP contribution in [-0.4, -0.2) is 36.4 Å². The van der Waals surface area contributed by atoms with Crippen molar-refractivity contribution in [2.45, 2.75) is 13.0 Å². The Hall–Kier alpha value is -2.37. The number of anilines is 1. The van der Waals surface area contributed by atoms with Gasteiger partial charge in [0.1, 0.15) is 5.75 Å². The molecule has 24 heavy (non-hydrogen) atoms. The predicted molar refractivity (Wildman–Crippen MR) is 91.9 cm³/mol. The Bertz CT molecular complexity index is 727. The number of hydrogen-bond acceptors (Lipinski definition) is 4. The lowest BCUT2D eigenvalue weighted by Crippen LogP contribution is -2.24. The van der Waals surface area contributed by atoms with Crippen molar-refractivity contribution in [3.05, 3.63) is 48.0 Å². The monoisotopic (exact) mass is 327 g/mol. The summed E-state index contributed by atoms with van der Waals surface area (Å²) >= 11 is 0. The summed E-state index contributed by atoms with van der Waals surface area (Å²) in [4.78, 5) is 13.8. The number of carbonyl (C=O) groups is 1. The van der Waals surface area contributed by atoms with E-state index in [0.29, 0.717) is 18.7 Å². The number of methoxy groups -OCH3 is 1. The summed E-state index contributed by atoms with van der Waals surface area (Å²) in [5, 5.41) is 18.8. The fourth-order valence-corrected chi connectivity index (χ4v) is 3.08. The summed E-state index contributed by atoms with van der Waals surface area (Å²) in [6, 6.07) is 13.3. The van der Waals surface area contributed by atoms with Crippen LogP contribution in [0.1, 0.15) is 12.0 Å². The van der Waals surface area contributed by atoms with E-state index in [1.165, 1.54) is 0 Å². The van der Waals surface area contributed by atoms with E-state index < -0.39 is 0 Å². The van der Waals surface area contributed by atoms with Crippen LogP contribution in [0.5, 0.6) is 5.75 Å². The fraction of sp³-hybridized carbons (Fsp3) is 0.316. The Morgan fingerprint density at radius 1 is 1.17 bits per heavy atom. The van der Waals surface area contributed by atoms with E-state index in [0.717, 1.165) is 22.4 Å². The number of benzene rings is 2. The highest BCUT2D eigenvalue weighted by molar-refractivity contribution is 5.96. The van der Waals surface area contributed by atoms with E-state index in [4.69, 9.17) is 4.74 Å². The average molecular weight is 327 g/mol. The number of aliphatic hydroxyl groups is 2. The van der Waals surface area contributed by atoms with Gasteiger partial charge in [0.05, 0.1) is 13.7 Å². The van der Waals surface area contributed by atoms with Gasteiger partial charge in [-0.1, -0.05) is 18.2 Å². The number of hydrogen-bond donors (Lipinski definition) is 2. The lowest BCUT2D eigenvalue weighted by atomic mass is 9.99. The Kier molecular flexibility index (Phi) is 4.83. The van der Waals surface area contributed by atoms with Crippen molar-refractivity contribution in [1.29, 1.82) is 0 Å². The standard InChI is InChI=1S/C19H21NO4/c1-24-17-6-7-18(15(9-17)12-22)14-2-4-16(5-3-14)20-10-13(11-21)8-19(20)23/h2-7,9,13,21-22H,8,10-12H2,1H3. The second kappa shape index (κ2) is 7.03. The van der Waals surface area contributed by atoms with E-state index in [2.05, 4.69) is 0 Å². The SMILES string of the molecule is COc1ccc(-c2ccc(N3CC(CO)CC3=O)cc2)c(CO)c1. The molecule has 1 aliphatic heterocycles. The maximum atomic E-state index is 12.0. The molecular weight excluding hydrogens is 306 g/mol. The van der Waals surface area contributed by atoms with Crippen LogP contribution in [0.3, 0.4) is 0 Å². The van der Waals surface area contributed by atoms with Gasteiger partial charge in [0.2, 0.25) is 5.91 Å². The van der Waals surface area contributed by atoms with Crippen LogP contribution in [-0.2, 0) is 11.4 Å². The maximum absolute atomic E-state index is 12.0. The van der Waals surface area contributed by atoms with E-state index in [-0.39, 0.29) is 25.0 Å². The molecule has 0 saturated carbocycles. The van der Waals surface area contributed by atoms with Gasteiger partial charge in [-0.25, -0.2) is 0 Å². The summed E-state index contributed by atoms with van der Waals surface area (Å²) in [6.45, 7) is 0.516. The normalized spacial score (nSPS) is 17.4. The minimum absolute atomic E-state index is 0.0137. The molecule has 1 unspecified atom stereocenters. The predicted octanol–water partition coefficient (Wildman–Crippen LogP) is 2.20. The molecule has 126 valence electrons. The Morgan fingerprint density at radius 2 is 1.92 bits per heavy atom. The van der Waals surface area contributed by atoms with Gasteiger partial charge in [-0.15, -0.1) is 0 Å². The first-order valence-corrected chi connectivity index (χ1v) is 7.95. The summed E-state index contributed by atoms with van der Waals surface area (Å²) in [5.41, 5.74) is 3.53. The first kappa shape index (κ1) is 16.5. The third kappa shape index (κ3) is 3.13. The van der Waals surface area contributed by atoms with Crippen LogP contribution in [0.2, 0.25) is 0 Å². The molecule has 0 aliphatic carbocycles. The molecule has 3 rings (SSSR count). The summed E-state index contributed by atoms with van der Waals surface area (Å²) in [6.07, 6.45) is 0.394. The number of rotatable bonds is 5. The molecule has 2 N–H and O–H groups in total. The molecular formula is C19H21NO4. The number of nitrogens with zero attached hydrogens (tertiary/aromatic N) is 1. The lowest BCUT2D eigenvalue weighted by Gasteiger charge is -2.17. The first-order valence-electron chi connectivity index (χ1n) is 7.95. The van der Waals surface area contributed by atoms with Crippen LogP contribution in [0.25, 0.3) is 11.1 Å². The summed E-state index contributed by atoms with van der Waals surface area (Å²) in [5.74, 6) is 0.763. The highest BCUT2D eigenvalue weighted by Gasteiger charge is 2.29. The third-order valence-corrected chi connectivity index (χ3v) is 4.44. The van der Waals surface area contributed by atoms with Crippen LogP contribution >= 0.6 is 0 Å². The zero-order valence-electron chi connectivity index (χ0n) is 13.6. The topological polar surface area (TPSA) is 70.0 Å². The lowest BCUT2D eigenvalue weighted by molar-refractivity contribution is -0.117. The number of ether oxygens (including phenoxy) is 1. The van der Waals surface area contributed by atoms with Crippen molar-refractivity contribution in [2.24, 2.45) is 5.92 Å². The van der Waals surface area contributed by atoms with Crippen LogP contribution in [0.15, 0.2) is 42.5 Å². The highest BCUT2D eigenvalue weighted by Crippen LogP contribution is 2.31. The maximum Gasteiger partial charge on any atom is 0.227 e. The highest BCUT2D eigenvalue weighted by atomic mass is 16.5. The smallest absolute Gasteiger partial charge is 0.227 e. The van der Waals surface area contributed by atoms with E-state index >= 15 is 0 Å². The van der Waals surface area contributed by atoms with Crippen LogP contribution < -0.4 is 9.64 Å². The largest absolute Gasteiger partial charge is 0.497 e. The Morgan fingerprint density at radius 3 is 2.50 bits per heavy atom. The second-order valence-electron chi connectivity index (χ2n) is 5.99. The molecule has 1 amide bonds. The zero-order chi connectivity index (χ0) is 17.1. The van der Waals surface area contributed by atoms with Crippen LogP contribution in [0.4, 0.5) is 5.69 Å². The van der Waals surface area contributed by atoms with Gasteiger partial charge in [-0.2, -0.15) is 0 Å². The number of carbonyl (C=O) groups excluding carboxylic acids is 1. The molecule has 0 spiro atoms.